The maximum absolute atomic E-state index is 13.6. The van der Waals surface area contributed by atoms with E-state index in [9.17, 15) is 18.0 Å². The molecule has 0 saturated heterocycles. The van der Waals surface area contributed by atoms with Gasteiger partial charge in [-0.15, -0.1) is 0 Å². The zero-order chi connectivity index (χ0) is 15.1. The minimum Gasteiger partial charge on any atom is -0.451 e. The Hall–Kier alpha value is -2.27. The number of hydrogen-bond acceptors (Lipinski definition) is 2. The van der Waals surface area contributed by atoms with Crippen molar-refractivity contribution in [3.05, 3.63) is 70.2 Å². The van der Waals surface area contributed by atoms with Crippen LogP contribution in [0.25, 0.3) is 11.0 Å². The molecule has 0 aliphatic heterocycles. The number of hydrogen-bond donors (Lipinski definition) is 0. The van der Waals surface area contributed by atoms with Crippen LogP contribution < -0.4 is 0 Å². The van der Waals surface area contributed by atoms with Crippen LogP contribution >= 0.6 is 11.6 Å². The van der Waals surface area contributed by atoms with Crippen molar-refractivity contribution < 1.29 is 22.4 Å². The predicted octanol–water partition coefficient (Wildman–Crippen LogP) is 4.73. The number of furan rings is 1. The fraction of sp³-hybridized carbons (Fsp3) is 0. The van der Waals surface area contributed by atoms with E-state index in [0.717, 1.165) is 6.07 Å². The minimum atomic E-state index is -1.70. The Labute approximate surface area is 121 Å². The van der Waals surface area contributed by atoms with Crippen LogP contribution in [0.15, 0.2) is 40.8 Å². The predicted molar refractivity (Wildman–Crippen MR) is 71.0 cm³/mol. The van der Waals surface area contributed by atoms with Gasteiger partial charge in [0.1, 0.15) is 0 Å². The third-order valence-electron chi connectivity index (χ3n) is 3.00. The standard InChI is InChI=1S/C15H6ClF3O2/c16-9-3-1-2-7-6-11(21-15(7)9)14(20)8-4-5-10(17)13(19)12(8)18/h1-6H. The summed E-state index contributed by atoms with van der Waals surface area (Å²) in [5, 5.41) is 0.839. The zero-order valence-electron chi connectivity index (χ0n) is 10.3. The van der Waals surface area contributed by atoms with E-state index < -0.39 is 28.8 Å². The number of para-hydroxylation sites is 1. The summed E-state index contributed by atoms with van der Waals surface area (Å²) in [7, 11) is 0. The Bertz CT molecular complexity index is 871. The van der Waals surface area contributed by atoms with Crippen molar-refractivity contribution in [3.63, 3.8) is 0 Å². The summed E-state index contributed by atoms with van der Waals surface area (Å²) in [6.07, 6.45) is 0. The summed E-state index contributed by atoms with van der Waals surface area (Å²) in [6, 6.07) is 7.80. The Kier molecular flexibility index (Phi) is 3.22. The molecule has 1 heterocycles. The van der Waals surface area contributed by atoms with Gasteiger partial charge < -0.3 is 4.42 Å². The molecule has 0 bridgehead atoms. The number of rotatable bonds is 2. The molecule has 0 saturated carbocycles. The van der Waals surface area contributed by atoms with Crippen molar-refractivity contribution in [2.45, 2.75) is 0 Å². The number of fused-ring (bicyclic) bond motifs is 1. The molecule has 0 spiro atoms. The third kappa shape index (κ3) is 2.19. The van der Waals surface area contributed by atoms with Gasteiger partial charge in [-0.1, -0.05) is 23.7 Å². The van der Waals surface area contributed by atoms with Gasteiger partial charge in [0.2, 0.25) is 5.78 Å². The van der Waals surface area contributed by atoms with Gasteiger partial charge in [0.05, 0.1) is 10.6 Å². The number of carbonyl (C=O) groups is 1. The lowest BCUT2D eigenvalue weighted by molar-refractivity contribution is 0.101. The summed E-state index contributed by atoms with van der Waals surface area (Å²) >= 11 is 5.91. The van der Waals surface area contributed by atoms with Gasteiger partial charge in [0.25, 0.3) is 0 Å². The van der Waals surface area contributed by atoms with Gasteiger partial charge in [0.15, 0.2) is 28.8 Å². The average molecular weight is 311 g/mol. The smallest absolute Gasteiger partial charge is 0.231 e. The molecular formula is C15H6ClF3O2. The van der Waals surface area contributed by atoms with Crippen molar-refractivity contribution in [2.24, 2.45) is 0 Å². The molecule has 0 unspecified atom stereocenters. The van der Waals surface area contributed by atoms with Gasteiger partial charge in [-0.3, -0.25) is 4.79 Å². The summed E-state index contributed by atoms with van der Waals surface area (Å²) < 4.78 is 45.0. The Morgan fingerprint density at radius 2 is 1.81 bits per heavy atom. The van der Waals surface area contributed by atoms with E-state index in [0.29, 0.717) is 11.5 Å². The Morgan fingerprint density at radius 3 is 2.52 bits per heavy atom. The summed E-state index contributed by atoms with van der Waals surface area (Å²) in [6.45, 7) is 0. The van der Waals surface area contributed by atoms with Crippen molar-refractivity contribution in [1.82, 2.24) is 0 Å². The molecule has 3 rings (SSSR count). The van der Waals surface area contributed by atoms with Crippen LogP contribution in [-0.4, -0.2) is 5.78 Å². The summed E-state index contributed by atoms with van der Waals surface area (Å²) in [5.41, 5.74) is -0.338. The molecule has 3 aromatic rings. The highest BCUT2D eigenvalue weighted by atomic mass is 35.5. The maximum Gasteiger partial charge on any atom is 0.231 e. The van der Waals surface area contributed by atoms with Crippen molar-refractivity contribution in [2.75, 3.05) is 0 Å². The normalized spacial score (nSPS) is 11.0. The van der Waals surface area contributed by atoms with E-state index in [4.69, 9.17) is 16.0 Å². The molecule has 0 amide bonds. The highest BCUT2D eigenvalue weighted by Crippen LogP contribution is 2.28. The van der Waals surface area contributed by atoms with E-state index in [2.05, 4.69) is 0 Å². The second kappa shape index (κ2) is 4.93. The van der Waals surface area contributed by atoms with Gasteiger partial charge in [-0.25, -0.2) is 13.2 Å². The number of ketones is 1. The lowest BCUT2D eigenvalue weighted by Crippen LogP contribution is -2.06. The second-order valence-corrected chi connectivity index (χ2v) is 4.73. The van der Waals surface area contributed by atoms with Crippen LogP contribution in [0.4, 0.5) is 13.2 Å². The van der Waals surface area contributed by atoms with E-state index in [1.807, 2.05) is 0 Å². The topological polar surface area (TPSA) is 30.2 Å². The quantitative estimate of drug-likeness (QED) is 0.506. The van der Waals surface area contributed by atoms with Crippen LogP contribution in [0.1, 0.15) is 16.1 Å². The van der Waals surface area contributed by atoms with Crippen LogP contribution in [0.5, 0.6) is 0 Å². The molecule has 2 nitrogen and oxygen atoms in total. The van der Waals surface area contributed by atoms with Crippen LogP contribution in [0.3, 0.4) is 0 Å². The number of carbonyl (C=O) groups excluding carboxylic acids is 1. The molecule has 21 heavy (non-hydrogen) atoms. The van der Waals surface area contributed by atoms with Crippen molar-refractivity contribution in [3.8, 4) is 0 Å². The molecule has 0 radical (unpaired) electrons. The van der Waals surface area contributed by atoms with Crippen molar-refractivity contribution in [1.29, 1.82) is 0 Å². The lowest BCUT2D eigenvalue weighted by Gasteiger charge is -2.01. The second-order valence-electron chi connectivity index (χ2n) is 4.32. The molecule has 6 heteroatoms. The molecule has 0 aliphatic rings. The Morgan fingerprint density at radius 1 is 1.05 bits per heavy atom. The van der Waals surface area contributed by atoms with Crippen LogP contribution in [-0.2, 0) is 0 Å². The molecule has 0 N–H and O–H groups in total. The largest absolute Gasteiger partial charge is 0.451 e. The number of benzene rings is 2. The molecule has 1 aromatic heterocycles. The van der Waals surface area contributed by atoms with E-state index in [-0.39, 0.29) is 16.4 Å². The SMILES string of the molecule is O=C(c1cc2cccc(Cl)c2o1)c1ccc(F)c(F)c1F. The van der Waals surface area contributed by atoms with Crippen LogP contribution in [0.2, 0.25) is 5.02 Å². The molecule has 0 fully saturated rings. The number of halogens is 4. The fourth-order valence-electron chi connectivity index (χ4n) is 1.97. The fourth-order valence-corrected chi connectivity index (χ4v) is 2.19. The van der Waals surface area contributed by atoms with Crippen LogP contribution in [0, 0.1) is 17.5 Å². The minimum absolute atomic E-state index is 0.206. The first-order chi connectivity index (χ1) is 9.99. The highest BCUT2D eigenvalue weighted by molar-refractivity contribution is 6.35. The first-order valence-corrected chi connectivity index (χ1v) is 6.23. The first kappa shape index (κ1) is 13.7. The zero-order valence-corrected chi connectivity index (χ0v) is 11.0. The van der Waals surface area contributed by atoms with E-state index in [1.54, 1.807) is 18.2 Å². The average Bonchev–Trinajstić information content (AvgIpc) is 2.90. The summed E-state index contributed by atoms with van der Waals surface area (Å²) in [5.74, 6) is -5.71. The van der Waals surface area contributed by atoms with Crippen molar-refractivity contribution >= 4 is 28.4 Å². The molecule has 0 aliphatic carbocycles. The third-order valence-corrected chi connectivity index (χ3v) is 3.30. The first-order valence-electron chi connectivity index (χ1n) is 5.85. The van der Waals surface area contributed by atoms with Gasteiger partial charge in [-0.2, -0.15) is 0 Å². The molecule has 106 valence electrons. The monoisotopic (exact) mass is 310 g/mol. The highest BCUT2D eigenvalue weighted by Gasteiger charge is 2.23. The van der Waals surface area contributed by atoms with Gasteiger partial charge in [0, 0.05) is 5.39 Å². The van der Waals surface area contributed by atoms with Gasteiger partial charge >= 0.3 is 0 Å². The van der Waals surface area contributed by atoms with E-state index >= 15 is 0 Å². The molecule has 2 aromatic carbocycles. The van der Waals surface area contributed by atoms with E-state index in [1.165, 1.54) is 6.07 Å². The Balaban J connectivity index is 2.13. The molecular weight excluding hydrogens is 305 g/mol. The maximum atomic E-state index is 13.6. The van der Waals surface area contributed by atoms with Gasteiger partial charge in [-0.05, 0) is 24.3 Å². The lowest BCUT2D eigenvalue weighted by atomic mass is 10.1. The summed E-state index contributed by atoms with van der Waals surface area (Å²) in [4.78, 5) is 12.1. The molecule has 0 atom stereocenters.